The molecule has 0 atom stereocenters. The molecule has 3 aromatic rings. The number of nitrogens with one attached hydrogen (secondary N) is 3. The standard InChI is InChI=1S/C16H20N8O/c1-10-19-15(22-21-10)13-4-6-14(7-5-13)20-16(25)17-8-9-24-12(3)18-11(2)23-24/h4-7H,8-9H2,1-3H3,(H2,17,20,25)(H,19,21,22). The molecule has 130 valence electrons. The van der Waals surface area contributed by atoms with E-state index in [0.29, 0.717) is 24.6 Å². The van der Waals surface area contributed by atoms with Crippen LogP contribution >= 0.6 is 0 Å². The lowest BCUT2D eigenvalue weighted by Gasteiger charge is -2.08. The smallest absolute Gasteiger partial charge is 0.319 e. The van der Waals surface area contributed by atoms with Gasteiger partial charge in [0.05, 0.1) is 6.54 Å². The number of benzene rings is 1. The lowest BCUT2D eigenvalue weighted by atomic mass is 10.2. The number of anilines is 1. The Kier molecular flexibility index (Phi) is 4.73. The Morgan fingerprint density at radius 1 is 1.16 bits per heavy atom. The van der Waals surface area contributed by atoms with E-state index in [4.69, 9.17) is 0 Å². The number of hydrogen-bond acceptors (Lipinski definition) is 5. The number of amides is 2. The number of carbonyl (C=O) groups is 1. The lowest BCUT2D eigenvalue weighted by molar-refractivity contribution is 0.251. The zero-order valence-corrected chi connectivity index (χ0v) is 14.4. The molecule has 0 spiro atoms. The predicted octanol–water partition coefficient (Wildman–Crippen LogP) is 1.81. The van der Waals surface area contributed by atoms with E-state index in [2.05, 4.69) is 35.9 Å². The predicted molar refractivity (Wildman–Crippen MR) is 93.1 cm³/mol. The first-order valence-electron chi connectivity index (χ1n) is 7.93. The van der Waals surface area contributed by atoms with Gasteiger partial charge in [-0.05, 0) is 45.0 Å². The van der Waals surface area contributed by atoms with E-state index in [-0.39, 0.29) is 6.03 Å². The maximum Gasteiger partial charge on any atom is 0.319 e. The summed E-state index contributed by atoms with van der Waals surface area (Å²) in [6.07, 6.45) is 0. The minimum absolute atomic E-state index is 0.268. The molecule has 0 radical (unpaired) electrons. The molecule has 0 aliphatic heterocycles. The second-order valence-electron chi connectivity index (χ2n) is 5.63. The maximum absolute atomic E-state index is 12.0. The number of aromatic amines is 1. The number of rotatable bonds is 5. The molecule has 1 aromatic carbocycles. The van der Waals surface area contributed by atoms with Crippen LogP contribution in [-0.2, 0) is 6.54 Å². The zero-order valence-electron chi connectivity index (χ0n) is 14.4. The zero-order chi connectivity index (χ0) is 17.8. The van der Waals surface area contributed by atoms with Crippen molar-refractivity contribution in [3.63, 3.8) is 0 Å². The van der Waals surface area contributed by atoms with Gasteiger partial charge in [0.1, 0.15) is 17.5 Å². The minimum atomic E-state index is -0.268. The van der Waals surface area contributed by atoms with Crippen molar-refractivity contribution in [2.75, 3.05) is 11.9 Å². The van der Waals surface area contributed by atoms with Crippen molar-refractivity contribution in [1.29, 1.82) is 0 Å². The Balaban J connectivity index is 1.50. The van der Waals surface area contributed by atoms with Gasteiger partial charge in [-0.1, -0.05) is 0 Å². The van der Waals surface area contributed by atoms with Gasteiger partial charge in [-0.3, -0.25) is 5.10 Å². The minimum Gasteiger partial charge on any atom is -0.336 e. The highest BCUT2D eigenvalue weighted by Gasteiger charge is 2.06. The fraction of sp³-hybridized carbons (Fsp3) is 0.312. The molecule has 0 bridgehead atoms. The van der Waals surface area contributed by atoms with Crippen LogP contribution in [0.4, 0.5) is 10.5 Å². The van der Waals surface area contributed by atoms with E-state index in [0.717, 1.165) is 23.0 Å². The van der Waals surface area contributed by atoms with E-state index < -0.39 is 0 Å². The average molecular weight is 340 g/mol. The molecule has 0 aliphatic rings. The van der Waals surface area contributed by atoms with E-state index in [9.17, 15) is 4.79 Å². The molecule has 25 heavy (non-hydrogen) atoms. The van der Waals surface area contributed by atoms with Gasteiger partial charge in [0.15, 0.2) is 5.82 Å². The highest BCUT2D eigenvalue weighted by atomic mass is 16.2. The fourth-order valence-electron chi connectivity index (χ4n) is 2.40. The van der Waals surface area contributed by atoms with Crippen LogP contribution in [0.5, 0.6) is 0 Å². The number of urea groups is 1. The number of hydrogen-bond donors (Lipinski definition) is 3. The third-order valence-electron chi connectivity index (χ3n) is 3.57. The van der Waals surface area contributed by atoms with Crippen LogP contribution < -0.4 is 10.6 Å². The molecule has 0 unspecified atom stereocenters. The Bertz CT molecular complexity index is 865. The molecule has 3 N–H and O–H groups in total. The van der Waals surface area contributed by atoms with Crippen molar-refractivity contribution in [3.05, 3.63) is 41.7 Å². The summed E-state index contributed by atoms with van der Waals surface area (Å²) in [5.41, 5.74) is 1.58. The van der Waals surface area contributed by atoms with E-state index in [1.165, 1.54) is 0 Å². The first kappa shape index (κ1) is 16.6. The summed E-state index contributed by atoms with van der Waals surface area (Å²) in [6.45, 7) is 6.61. The van der Waals surface area contributed by atoms with Crippen LogP contribution in [0, 0.1) is 20.8 Å². The molecule has 3 rings (SSSR count). The van der Waals surface area contributed by atoms with Gasteiger partial charge in [-0.2, -0.15) is 10.2 Å². The van der Waals surface area contributed by atoms with E-state index in [1.807, 2.05) is 45.0 Å². The number of carbonyl (C=O) groups excluding carboxylic acids is 1. The molecule has 9 heteroatoms. The Labute approximate surface area is 144 Å². The SMILES string of the molecule is Cc1nc(C)n(CCNC(=O)Nc2ccc(-c3n[nH]c(C)n3)cc2)n1. The van der Waals surface area contributed by atoms with Gasteiger partial charge >= 0.3 is 6.03 Å². The van der Waals surface area contributed by atoms with Gasteiger partial charge in [0, 0.05) is 17.8 Å². The largest absolute Gasteiger partial charge is 0.336 e. The van der Waals surface area contributed by atoms with Crippen molar-refractivity contribution >= 4 is 11.7 Å². The van der Waals surface area contributed by atoms with Crippen LogP contribution in [-0.4, -0.2) is 42.5 Å². The summed E-state index contributed by atoms with van der Waals surface area (Å²) in [7, 11) is 0. The number of aromatic nitrogens is 6. The van der Waals surface area contributed by atoms with Crippen molar-refractivity contribution in [1.82, 2.24) is 35.3 Å². The first-order valence-corrected chi connectivity index (χ1v) is 7.93. The Hall–Kier alpha value is -3.23. The molecular formula is C16H20N8O. The lowest BCUT2D eigenvalue weighted by Crippen LogP contribution is -2.31. The van der Waals surface area contributed by atoms with Crippen LogP contribution in [0.3, 0.4) is 0 Å². The van der Waals surface area contributed by atoms with Crippen LogP contribution in [0.2, 0.25) is 0 Å². The fourth-order valence-corrected chi connectivity index (χ4v) is 2.40. The van der Waals surface area contributed by atoms with Gasteiger partial charge in [-0.15, -0.1) is 0 Å². The molecule has 0 saturated heterocycles. The second kappa shape index (κ2) is 7.12. The van der Waals surface area contributed by atoms with Crippen molar-refractivity contribution in [2.45, 2.75) is 27.3 Å². The summed E-state index contributed by atoms with van der Waals surface area (Å²) in [6, 6.07) is 7.08. The summed E-state index contributed by atoms with van der Waals surface area (Å²) < 4.78 is 1.77. The third kappa shape index (κ3) is 4.19. The topological polar surface area (TPSA) is 113 Å². The molecule has 2 amide bonds. The Morgan fingerprint density at radius 3 is 2.52 bits per heavy atom. The highest BCUT2D eigenvalue weighted by molar-refractivity contribution is 5.89. The maximum atomic E-state index is 12.0. The Morgan fingerprint density at radius 2 is 1.92 bits per heavy atom. The normalized spacial score (nSPS) is 10.7. The van der Waals surface area contributed by atoms with Crippen LogP contribution in [0.25, 0.3) is 11.4 Å². The summed E-state index contributed by atoms with van der Waals surface area (Å²) >= 11 is 0. The quantitative estimate of drug-likeness (QED) is 0.655. The van der Waals surface area contributed by atoms with Crippen LogP contribution in [0.15, 0.2) is 24.3 Å². The van der Waals surface area contributed by atoms with Gasteiger partial charge in [0.2, 0.25) is 0 Å². The molecule has 0 fully saturated rings. The molecule has 9 nitrogen and oxygen atoms in total. The molecular weight excluding hydrogens is 320 g/mol. The van der Waals surface area contributed by atoms with E-state index >= 15 is 0 Å². The summed E-state index contributed by atoms with van der Waals surface area (Å²) in [5, 5.41) is 16.7. The average Bonchev–Trinajstić information content (AvgIpc) is 3.14. The van der Waals surface area contributed by atoms with E-state index in [1.54, 1.807) is 4.68 Å². The third-order valence-corrected chi connectivity index (χ3v) is 3.57. The molecule has 2 heterocycles. The van der Waals surface area contributed by atoms with Crippen molar-refractivity contribution in [3.8, 4) is 11.4 Å². The molecule has 0 saturated carbocycles. The molecule has 2 aromatic heterocycles. The van der Waals surface area contributed by atoms with Crippen LogP contribution in [0.1, 0.15) is 17.5 Å². The summed E-state index contributed by atoms with van der Waals surface area (Å²) in [4.78, 5) is 20.4. The van der Waals surface area contributed by atoms with Gasteiger partial charge < -0.3 is 10.6 Å². The highest BCUT2D eigenvalue weighted by Crippen LogP contribution is 2.17. The van der Waals surface area contributed by atoms with Gasteiger partial charge in [-0.25, -0.2) is 19.4 Å². The van der Waals surface area contributed by atoms with Crippen molar-refractivity contribution in [2.24, 2.45) is 0 Å². The van der Waals surface area contributed by atoms with Gasteiger partial charge in [0.25, 0.3) is 0 Å². The monoisotopic (exact) mass is 340 g/mol. The number of nitrogens with zero attached hydrogens (tertiary/aromatic N) is 5. The summed E-state index contributed by atoms with van der Waals surface area (Å²) in [5.74, 6) is 2.95. The number of H-pyrrole nitrogens is 1. The number of aryl methyl sites for hydroxylation is 3. The van der Waals surface area contributed by atoms with Crippen molar-refractivity contribution < 1.29 is 4.79 Å². The first-order chi connectivity index (χ1) is 12.0. The second-order valence-corrected chi connectivity index (χ2v) is 5.63. The molecule has 0 aliphatic carbocycles.